The van der Waals surface area contributed by atoms with Crippen LogP contribution in [0.5, 0.6) is 0 Å². The highest BCUT2D eigenvalue weighted by molar-refractivity contribution is 5.63. The molecule has 1 aliphatic carbocycles. The Hall–Kier alpha value is -1.69. The van der Waals surface area contributed by atoms with Gasteiger partial charge >= 0.3 is 0 Å². The van der Waals surface area contributed by atoms with Crippen LogP contribution in [0.2, 0.25) is 0 Å². The van der Waals surface area contributed by atoms with Crippen molar-refractivity contribution >= 4 is 11.4 Å². The Bertz CT molecular complexity index is 439. The van der Waals surface area contributed by atoms with Crippen LogP contribution in [0.15, 0.2) is 18.2 Å². The van der Waals surface area contributed by atoms with Gasteiger partial charge in [-0.25, -0.2) is 0 Å². The molecule has 0 aliphatic heterocycles. The minimum atomic E-state index is 0.0573. The standard InChI is InChI=1S/C13H17N3/c1-13(2,10-3-4-10)16-12-6-5-11(15)7-9(12)8-14/h5-7,10,16H,3-4,15H2,1-2H3. The van der Waals surface area contributed by atoms with E-state index in [4.69, 9.17) is 11.0 Å². The van der Waals surface area contributed by atoms with E-state index in [9.17, 15) is 0 Å². The topological polar surface area (TPSA) is 61.8 Å². The molecule has 1 aromatic rings. The summed E-state index contributed by atoms with van der Waals surface area (Å²) in [6.07, 6.45) is 2.55. The molecule has 16 heavy (non-hydrogen) atoms. The van der Waals surface area contributed by atoms with Gasteiger partial charge in [-0.3, -0.25) is 0 Å². The van der Waals surface area contributed by atoms with Crippen molar-refractivity contribution in [3.05, 3.63) is 23.8 Å². The van der Waals surface area contributed by atoms with E-state index in [0.29, 0.717) is 11.3 Å². The van der Waals surface area contributed by atoms with Gasteiger partial charge in [-0.15, -0.1) is 0 Å². The molecule has 1 aliphatic rings. The van der Waals surface area contributed by atoms with Gasteiger partial charge in [-0.05, 0) is 50.8 Å². The van der Waals surface area contributed by atoms with Gasteiger partial charge < -0.3 is 11.1 Å². The van der Waals surface area contributed by atoms with E-state index in [1.54, 1.807) is 6.07 Å². The van der Waals surface area contributed by atoms with Crippen molar-refractivity contribution < 1.29 is 0 Å². The summed E-state index contributed by atoms with van der Waals surface area (Å²) in [5, 5.41) is 12.5. The molecule has 1 aromatic carbocycles. The van der Waals surface area contributed by atoms with Crippen molar-refractivity contribution in [1.29, 1.82) is 5.26 Å². The van der Waals surface area contributed by atoms with E-state index >= 15 is 0 Å². The average molecular weight is 215 g/mol. The van der Waals surface area contributed by atoms with Crippen LogP contribution in [0.4, 0.5) is 11.4 Å². The number of hydrogen-bond donors (Lipinski definition) is 2. The van der Waals surface area contributed by atoms with Gasteiger partial charge in [0.05, 0.1) is 11.3 Å². The number of nitrogens with one attached hydrogen (secondary N) is 1. The fourth-order valence-electron chi connectivity index (χ4n) is 2.02. The number of benzene rings is 1. The monoisotopic (exact) mass is 215 g/mol. The Morgan fingerprint density at radius 1 is 1.44 bits per heavy atom. The van der Waals surface area contributed by atoms with Crippen LogP contribution in [0.25, 0.3) is 0 Å². The summed E-state index contributed by atoms with van der Waals surface area (Å²) >= 11 is 0. The predicted molar refractivity (Wildman–Crippen MR) is 66.0 cm³/mol. The summed E-state index contributed by atoms with van der Waals surface area (Å²) < 4.78 is 0. The summed E-state index contributed by atoms with van der Waals surface area (Å²) in [4.78, 5) is 0. The summed E-state index contributed by atoms with van der Waals surface area (Å²) in [7, 11) is 0. The SMILES string of the molecule is CC(C)(Nc1ccc(N)cc1C#N)C1CC1. The van der Waals surface area contributed by atoms with Crippen LogP contribution in [0.3, 0.4) is 0 Å². The van der Waals surface area contributed by atoms with Crippen molar-refractivity contribution in [1.82, 2.24) is 0 Å². The Balaban J connectivity index is 2.24. The molecule has 1 saturated carbocycles. The minimum absolute atomic E-state index is 0.0573. The van der Waals surface area contributed by atoms with E-state index in [1.165, 1.54) is 12.8 Å². The van der Waals surface area contributed by atoms with Gasteiger partial charge in [0.1, 0.15) is 6.07 Å². The van der Waals surface area contributed by atoms with E-state index < -0.39 is 0 Å². The number of rotatable bonds is 3. The first-order valence-electron chi connectivity index (χ1n) is 5.61. The molecule has 0 unspecified atom stereocenters. The van der Waals surface area contributed by atoms with Gasteiger partial charge in [0.15, 0.2) is 0 Å². The third kappa shape index (κ3) is 2.11. The fraction of sp³-hybridized carbons (Fsp3) is 0.462. The lowest BCUT2D eigenvalue weighted by Gasteiger charge is -2.28. The molecular weight excluding hydrogens is 198 g/mol. The molecule has 0 amide bonds. The molecule has 0 heterocycles. The average Bonchev–Trinajstić information content (AvgIpc) is 3.04. The zero-order valence-electron chi connectivity index (χ0n) is 9.75. The van der Waals surface area contributed by atoms with E-state index in [0.717, 1.165) is 11.6 Å². The molecule has 2 rings (SSSR count). The number of nitriles is 1. The summed E-state index contributed by atoms with van der Waals surface area (Å²) in [6.45, 7) is 4.37. The molecule has 84 valence electrons. The first-order valence-corrected chi connectivity index (χ1v) is 5.61. The molecule has 0 saturated heterocycles. The lowest BCUT2D eigenvalue weighted by molar-refractivity contribution is 0.494. The molecule has 1 fully saturated rings. The Morgan fingerprint density at radius 3 is 2.69 bits per heavy atom. The molecule has 3 nitrogen and oxygen atoms in total. The fourth-order valence-corrected chi connectivity index (χ4v) is 2.02. The molecule has 0 atom stereocenters. The highest BCUT2D eigenvalue weighted by atomic mass is 15.0. The second-order valence-corrected chi connectivity index (χ2v) is 5.04. The van der Waals surface area contributed by atoms with Crippen molar-refractivity contribution in [2.75, 3.05) is 11.1 Å². The second-order valence-electron chi connectivity index (χ2n) is 5.04. The van der Waals surface area contributed by atoms with Crippen LogP contribution in [-0.4, -0.2) is 5.54 Å². The molecule has 3 N–H and O–H groups in total. The van der Waals surface area contributed by atoms with Gasteiger partial charge in [0, 0.05) is 11.2 Å². The lowest BCUT2D eigenvalue weighted by atomic mass is 9.97. The van der Waals surface area contributed by atoms with E-state index in [2.05, 4.69) is 25.2 Å². The molecule has 0 aromatic heterocycles. The largest absolute Gasteiger partial charge is 0.399 e. The number of nitrogens with two attached hydrogens (primary N) is 1. The molecule has 0 spiro atoms. The minimum Gasteiger partial charge on any atom is -0.399 e. The third-order valence-corrected chi connectivity index (χ3v) is 3.22. The summed E-state index contributed by atoms with van der Waals surface area (Å²) in [5.41, 5.74) is 7.85. The number of nitrogen functional groups attached to an aromatic ring is 1. The van der Waals surface area contributed by atoms with Gasteiger partial charge in [0.25, 0.3) is 0 Å². The zero-order valence-corrected chi connectivity index (χ0v) is 9.75. The van der Waals surface area contributed by atoms with Gasteiger partial charge in [0.2, 0.25) is 0 Å². The predicted octanol–water partition coefficient (Wildman–Crippen LogP) is 2.74. The van der Waals surface area contributed by atoms with E-state index in [1.807, 2.05) is 12.1 Å². The Kier molecular flexibility index (Phi) is 2.51. The maximum Gasteiger partial charge on any atom is 0.101 e. The number of nitrogens with zero attached hydrogens (tertiary/aromatic N) is 1. The van der Waals surface area contributed by atoms with Crippen molar-refractivity contribution in [3.8, 4) is 6.07 Å². The Morgan fingerprint density at radius 2 is 2.12 bits per heavy atom. The smallest absolute Gasteiger partial charge is 0.101 e. The molecular formula is C13H17N3. The first-order chi connectivity index (χ1) is 7.53. The summed E-state index contributed by atoms with van der Waals surface area (Å²) in [6, 6.07) is 7.60. The highest BCUT2D eigenvalue weighted by Crippen LogP contribution is 2.41. The quantitative estimate of drug-likeness (QED) is 0.762. The van der Waals surface area contributed by atoms with Crippen LogP contribution >= 0.6 is 0 Å². The van der Waals surface area contributed by atoms with E-state index in [-0.39, 0.29) is 5.54 Å². The third-order valence-electron chi connectivity index (χ3n) is 3.22. The second kappa shape index (κ2) is 3.71. The first kappa shape index (κ1) is 10.8. The maximum atomic E-state index is 9.05. The highest BCUT2D eigenvalue weighted by Gasteiger charge is 2.37. The van der Waals surface area contributed by atoms with Gasteiger partial charge in [-0.1, -0.05) is 0 Å². The lowest BCUT2D eigenvalue weighted by Crippen LogP contribution is -2.33. The maximum absolute atomic E-state index is 9.05. The number of hydrogen-bond acceptors (Lipinski definition) is 3. The molecule has 0 radical (unpaired) electrons. The normalized spacial score (nSPS) is 15.6. The van der Waals surface area contributed by atoms with Crippen LogP contribution in [0.1, 0.15) is 32.3 Å². The Labute approximate surface area is 96.3 Å². The number of anilines is 2. The van der Waals surface area contributed by atoms with Crippen LogP contribution < -0.4 is 11.1 Å². The summed E-state index contributed by atoms with van der Waals surface area (Å²) in [5.74, 6) is 0.719. The van der Waals surface area contributed by atoms with Crippen molar-refractivity contribution in [2.24, 2.45) is 5.92 Å². The molecule has 3 heteroatoms. The van der Waals surface area contributed by atoms with Gasteiger partial charge in [-0.2, -0.15) is 5.26 Å². The zero-order chi connectivity index (χ0) is 11.8. The van der Waals surface area contributed by atoms with Crippen LogP contribution in [0, 0.1) is 17.2 Å². The van der Waals surface area contributed by atoms with Crippen molar-refractivity contribution in [2.45, 2.75) is 32.2 Å². The molecule has 0 bridgehead atoms. The van der Waals surface area contributed by atoms with Crippen molar-refractivity contribution in [3.63, 3.8) is 0 Å². The van der Waals surface area contributed by atoms with Crippen LogP contribution in [-0.2, 0) is 0 Å².